The largest absolute Gasteiger partial charge is 0.382 e. The predicted octanol–water partition coefficient (Wildman–Crippen LogP) is 5.56. The number of aryl methyl sites for hydroxylation is 2. The van der Waals surface area contributed by atoms with Crippen LogP contribution in [0.2, 0.25) is 0 Å². The van der Waals surface area contributed by atoms with E-state index in [1.54, 1.807) is 12.1 Å². The smallest absolute Gasteiger partial charge is 0.123 e. The van der Waals surface area contributed by atoms with E-state index in [4.69, 9.17) is 0 Å². The second kappa shape index (κ2) is 5.80. The van der Waals surface area contributed by atoms with Crippen LogP contribution >= 0.6 is 15.9 Å². The van der Waals surface area contributed by atoms with E-state index >= 15 is 0 Å². The van der Waals surface area contributed by atoms with E-state index in [9.17, 15) is 4.39 Å². The van der Waals surface area contributed by atoms with Crippen molar-refractivity contribution in [1.82, 2.24) is 0 Å². The first-order valence-electron chi connectivity index (χ1n) is 7.31. The second-order valence-electron chi connectivity index (χ2n) is 5.98. The molecule has 0 saturated heterocycles. The minimum absolute atomic E-state index is 0.136. The SMILES string of the molecule is Cc1cc(Br)cc(C)c1NC1CC(c2cccc(F)c2)C1. The highest BCUT2D eigenvalue weighted by Crippen LogP contribution is 2.39. The van der Waals surface area contributed by atoms with Crippen LogP contribution in [0.15, 0.2) is 40.9 Å². The van der Waals surface area contributed by atoms with Crippen LogP contribution in [0.1, 0.15) is 35.4 Å². The van der Waals surface area contributed by atoms with E-state index < -0.39 is 0 Å². The van der Waals surface area contributed by atoms with Gasteiger partial charge in [0, 0.05) is 16.2 Å². The van der Waals surface area contributed by atoms with E-state index in [0.717, 1.165) is 22.9 Å². The molecule has 3 rings (SSSR count). The highest BCUT2D eigenvalue weighted by Gasteiger charge is 2.30. The topological polar surface area (TPSA) is 12.0 Å². The Morgan fingerprint density at radius 2 is 1.76 bits per heavy atom. The van der Waals surface area contributed by atoms with Gasteiger partial charge < -0.3 is 5.32 Å². The summed E-state index contributed by atoms with van der Waals surface area (Å²) < 4.78 is 14.4. The van der Waals surface area contributed by atoms with E-state index in [1.807, 2.05) is 6.07 Å². The molecule has 1 N–H and O–H groups in total. The third kappa shape index (κ3) is 3.13. The Balaban J connectivity index is 1.65. The Bertz CT molecular complexity index is 639. The number of nitrogens with one attached hydrogen (secondary N) is 1. The van der Waals surface area contributed by atoms with Crippen LogP contribution in [-0.4, -0.2) is 6.04 Å². The molecule has 0 heterocycles. The van der Waals surface area contributed by atoms with E-state index in [0.29, 0.717) is 12.0 Å². The molecule has 0 aliphatic heterocycles. The molecule has 1 fully saturated rings. The van der Waals surface area contributed by atoms with Crippen molar-refractivity contribution in [3.8, 4) is 0 Å². The summed E-state index contributed by atoms with van der Waals surface area (Å²) in [5, 5.41) is 3.64. The van der Waals surface area contributed by atoms with Gasteiger partial charge in [0.05, 0.1) is 0 Å². The minimum Gasteiger partial charge on any atom is -0.382 e. The number of hydrogen-bond donors (Lipinski definition) is 1. The molecule has 3 heteroatoms. The number of halogens is 2. The first kappa shape index (κ1) is 14.6. The highest BCUT2D eigenvalue weighted by molar-refractivity contribution is 9.10. The summed E-state index contributed by atoms with van der Waals surface area (Å²) in [6.07, 6.45) is 2.14. The maximum Gasteiger partial charge on any atom is 0.123 e. The van der Waals surface area contributed by atoms with Gasteiger partial charge in [-0.3, -0.25) is 0 Å². The van der Waals surface area contributed by atoms with E-state index in [-0.39, 0.29) is 5.82 Å². The molecule has 1 saturated carbocycles. The Morgan fingerprint density at radius 1 is 1.10 bits per heavy atom. The van der Waals surface area contributed by atoms with Crippen LogP contribution in [0.25, 0.3) is 0 Å². The van der Waals surface area contributed by atoms with Crippen molar-refractivity contribution in [3.63, 3.8) is 0 Å². The third-order valence-electron chi connectivity index (χ3n) is 4.30. The number of benzene rings is 2. The quantitative estimate of drug-likeness (QED) is 0.765. The fourth-order valence-electron chi connectivity index (χ4n) is 3.11. The van der Waals surface area contributed by atoms with E-state index in [1.165, 1.54) is 22.9 Å². The monoisotopic (exact) mass is 347 g/mol. The molecule has 1 aliphatic carbocycles. The van der Waals surface area contributed by atoms with Crippen LogP contribution in [0.5, 0.6) is 0 Å². The molecule has 0 bridgehead atoms. The van der Waals surface area contributed by atoms with Gasteiger partial charge >= 0.3 is 0 Å². The zero-order valence-corrected chi connectivity index (χ0v) is 13.9. The molecule has 1 aliphatic rings. The molecule has 2 aromatic rings. The summed E-state index contributed by atoms with van der Waals surface area (Å²) in [4.78, 5) is 0. The third-order valence-corrected chi connectivity index (χ3v) is 4.76. The van der Waals surface area contributed by atoms with Gasteiger partial charge in [-0.2, -0.15) is 0 Å². The van der Waals surface area contributed by atoms with Gasteiger partial charge in [-0.15, -0.1) is 0 Å². The standard InChI is InChI=1S/C18H19BrFN/c1-11-6-15(19)7-12(2)18(11)21-17-9-14(10-17)13-4-3-5-16(20)8-13/h3-8,14,17,21H,9-10H2,1-2H3. The van der Waals surface area contributed by atoms with Crippen molar-refractivity contribution in [2.75, 3.05) is 5.32 Å². The lowest BCUT2D eigenvalue weighted by Gasteiger charge is -2.37. The van der Waals surface area contributed by atoms with Gasteiger partial charge in [0.1, 0.15) is 5.82 Å². The Hall–Kier alpha value is -1.35. The summed E-state index contributed by atoms with van der Waals surface area (Å²) >= 11 is 3.53. The molecule has 0 atom stereocenters. The second-order valence-corrected chi connectivity index (χ2v) is 6.89. The molecule has 0 unspecified atom stereocenters. The fourth-order valence-corrected chi connectivity index (χ4v) is 3.80. The summed E-state index contributed by atoms with van der Waals surface area (Å²) in [6, 6.07) is 11.8. The zero-order valence-electron chi connectivity index (χ0n) is 12.3. The highest BCUT2D eigenvalue weighted by atomic mass is 79.9. The summed E-state index contributed by atoms with van der Waals surface area (Å²) in [7, 11) is 0. The number of hydrogen-bond acceptors (Lipinski definition) is 1. The average molecular weight is 348 g/mol. The van der Waals surface area contributed by atoms with Gasteiger partial charge in [0.2, 0.25) is 0 Å². The first-order valence-corrected chi connectivity index (χ1v) is 8.11. The van der Waals surface area contributed by atoms with Gasteiger partial charge in [-0.25, -0.2) is 4.39 Å². The normalized spacial score (nSPS) is 21.0. The molecule has 0 aromatic heterocycles. The fraction of sp³-hybridized carbons (Fsp3) is 0.333. The van der Waals surface area contributed by atoms with Gasteiger partial charge in [0.15, 0.2) is 0 Å². The summed E-state index contributed by atoms with van der Waals surface area (Å²) in [5.74, 6) is 0.345. The number of anilines is 1. The maximum atomic E-state index is 13.3. The molecular formula is C18H19BrFN. The molecule has 0 amide bonds. The molecule has 0 radical (unpaired) electrons. The molecule has 110 valence electrons. The van der Waals surface area contributed by atoms with Gasteiger partial charge in [0.25, 0.3) is 0 Å². The van der Waals surface area contributed by atoms with Crippen molar-refractivity contribution >= 4 is 21.6 Å². The average Bonchev–Trinajstić information content (AvgIpc) is 2.35. The van der Waals surface area contributed by atoms with Crippen molar-refractivity contribution in [2.24, 2.45) is 0 Å². The molecular weight excluding hydrogens is 329 g/mol. The molecule has 2 aromatic carbocycles. The lowest BCUT2D eigenvalue weighted by molar-refractivity contribution is 0.372. The van der Waals surface area contributed by atoms with Gasteiger partial charge in [-0.05, 0) is 73.6 Å². The maximum absolute atomic E-state index is 13.3. The van der Waals surface area contributed by atoms with Gasteiger partial charge in [-0.1, -0.05) is 28.1 Å². The predicted molar refractivity (Wildman–Crippen MR) is 89.4 cm³/mol. The van der Waals surface area contributed by atoms with Crippen LogP contribution in [0.3, 0.4) is 0 Å². The Labute approximate surface area is 133 Å². The van der Waals surface area contributed by atoms with Crippen molar-refractivity contribution in [1.29, 1.82) is 0 Å². The van der Waals surface area contributed by atoms with Crippen LogP contribution in [-0.2, 0) is 0 Å². The van der Waals surface area contributed by atoms with Crippen LogP contribution < -0.4 is 5.32 Å². The number of rotatable bonds is 3. The lowest BCUT2D eigenvalue weighted by atomic mass is 9.75. The Morgan fingerprint density at radius 3 is 2.38 bits per heavy atom. The van der Waals surface area contributed by atoms with Crippen molar-refractivity contribution in [2.45, 2.75) is 38.6 Å². The zero-order chi connectivity index (χ0) is 15.0. The molecule has 21 heavy (non-hydrogen) atoms. The Kier molecular flexibility index (Phi) is 4.03. The lowest BCUT2D eigenvalue weighted by Crippen LogP contribution is -2.34. The summed E-state index contributed by atoms with van der Waals surface area (Å²) in [5.41, 5.74) is 4.88. The van der Waals surface area contributed by atoms with Crippen LogP contribution in [0, 0.1) is 19.7 Å². The first-order chi connectivity index (χ1) is 10.0. The van der Waals surface area contributed by atoms with Crippen molar-refractivity contribution < 1.29 is 4.39 Å². The summed E-state index contributed by atoms with van der Waals surface area (Å²) in [6.45, 7) is 4.26. The minimum atomic E-state index is -0.136. The molecule has 0 spiro atoms. The van der Waals surface area contributed by atoms with E-state index in [2.05, 4.69) is 47.2 Å². The molecule has 1 nitrogen and oxygen atoms in total. The van der Waals surface area contributed by atoms with Crippen LogP contribution in [0.4, 0.5) is 10.1 Å². The van der Waals surface area contributed by atoms with Crippen molar-refractivity contribution in [3.05, 3.63) is 63.4 Å².